The number of phenols is 1. The highest BCUT2D eigenvalue weighted by Gasteiger charge is 2.26. The molecule has 1 aliphatic rings. The fourth-order valence-corrected chi connectivity index (χ4v) is 2.62. The maximum atomic E-state index is 12.4. The van der Waals surface area contributed by atoms with Crippen molar-refractivity contribution in [2.75, 3.05) is 20.2 Å². The molecule has 1 aliphatic heterocycles. The second-order valence-electron chi connectivity index (χ2n) is 5.37. The predicted octanol–water partition coefficient (Wildman–Crippen LogP) is 1.60. The van der Waals surface area contributed by atoms with E-state index < -0.39 is 0 Å². The van der Waals surface area contributed by atoms with Crippen LogP contribution in [-0.2, 0) is 0 Å². The molecule has 0 saturated carbocycles. The van der Waals surface area contributed by atoms with Gasteiger partial charge in [-0.1, -0.05) is 0 Å². The minimum Gasteiger partial charge on any atom is -0.507 e. The Morgan fingerprint density at radius 1 is 1.45 bits per heavy atom. The fraction of sp³-hybridized carbons (Fsp3) is 0.533. The van der Waals surface area contributed by atoms with E-state index in [0.717, 1.165) is 12.8 Å². The van der Waals surface area contributed by atoms with Crippen molar-refractivity contribution in [1.82, 2.24) is 4.90 Å². The molecule has 1 amide bonds. The van der Waals surface area contributed by atoms with Crippen LogP contribution in [-0.4, -0.2) is 42.2 Å². The van der Waals surface area contributed by atoms with Crippen molar-refractivity contribution < 1.29 is 14.6 Å². The number of benzene rings is 1. The minimum atomic E-state index is -0.131. The first-order chi connectivity index (χ1) is 9.52. The first-order valence-corrected chi connectivity index (χ1v) is 6.94. The molecule has 0 aliphatic carbocycles. The standard InChI is InChI=1S/C15H22N2O3/c1-10(16)11-5-7-17(8-6-11)15(19)13-4-3-12(20-2)9-14(13)18/h3-4,9-11,18H,5-8,16H2,1-2H3. The van der Waals surface area contributed by atoms with Crippen molar-refractivity contribution in [3.63, 3.8) is 0 Å². The molecule has 5 heteroatoms. The molecular weight excluding hydrogens is 256 g/mol. The average Bonchev–Trinajstić information content (AvgIpc) is 2.46. The number of hydrogen-bond acceptors (Lipinski definition) is 4. The summed E-state index contributed by atoms with van der Waals surface area (Å²) in [4.78, 5) is 14.2. The number of nitrogens with zero attached hydrogens (tertiary/aromatic N) is 1. The van der Waals surface area contributed by atoms with Crippen LogP contribution in [0.5, 0.6) is 11.5 Å². The monoisotopic (exact) mass is 278 g/mol. The van der Waals surface area contributed by atoms with Crippen molar-refractivity contribution >= 4 is 5.91 Å². The van der Waals surface area contributed by atoms with E-state index in [1.165, 1.54) is 13.2 Å². The lowest BCUT2D eigenvalue weighted by atomic mass is 9.90. The lowest BCUT2D eigenvalue weighted by Crippen LogP contribution is -2.42. The van der Waals surface area contributed by atoms with Crippen LogP contribution in [0.4, 0.5) is 0 Å². The Balaban J connectivity index is 2.05. The Morgan fingerprint density at radius 3 is 2.60 bits per heavy atom. The SMILES string of the molecule is COc1ccc(C(=O)N2CCC(C(C)N)CC2)c(O)c1. The van der Waals surface area contributed by atoms with Gasteiger partial charge in [0.1, 0.15) is 11.5 Å². The first kappa shape index (κ1) is 14.7. The van der Waals surface area contributed by atoms with Gasteiger partial charge in [-0.25, -0.2) is 0 Å². The fourth-order valence-electron chi connectivity index (χ4n) is 2.62. The van der Waals surface area contributed by atoms with Crippen molar-refractivity contribution in [2.45, 2.75) is 25.8 Å². The summed E-state index contributed by atoms with van der Waals surface area (Å²) in [6.07, 6.45) is 1.83. The van der Waals surface area contributed by atoms with E-state index in [4.69, 9.17) is 10.5 Å². The number of nitrogens with two attached hydrogens (primary N) is 1. The maximum absolute atomic E-state index is 12.4. The van der Waals surface area contributed by atoms with E-state index in [1.807, 2.05) is 6.92 Å². The van der Waals surface area contributed by atoms with E-state index in [9.17, 15) is 9.90 Å². The number of aromatic hydroxyl groups is 1. The number of methoxy groups -OCH3 is 1. The van der Waals surface area contributed by atoms with Crippen LogP contribution >= 0.6 is 0 Å². The van der Waals surface area contributed by atoms with Gasteiger partial charge in [-0.3, -0.25) is 4.79 Å². The number of piperidine rings is 1. The topological polar surface area (TPSA) is 75.8 Å². The van der Waals surface area contributed by atoms with Gasteiger partial charge in [-0.05, 0) is 37.8 Å². The second kappa shape index (κ2) is 6.13. The van der Waals surface area contributed by atoms with Gasteiger partial charge in [0.2, 0.25) is 0 Å². The lowest BCUT2D eigenvalue weighted by Gasteiger charge is -2.33. The second-order valence-corrected chi connectivity index (χ2v) is 5.37. The molecule has 2 rings (SSSR count). The molecule has 1 aromatic rings. The predicted molar refractivity (Wildman–Crippen MR) is 76.9 cm³/mol. The number of likely N-dealkylation sites (tertiary alicyclic amines) is 1. The van der Waals surface area contributed by atoms with Gasteiger partial charge >= 0.3 is 0 Å². The van der Waals surface area contributed by atoms with Crippen LogP contribution in [0.25, 0.3) is 0 Å². The van der Waals surface area contributed by atoms with Gasteiger partial charge in [-0.15, -0.1) is 0 Å². The van der Waals surface area contributed by atoms with Crippen molar-refractivity contribution in [3.8, 4) is 11.5 Å². The van der Waals surface area contributed by atoms with Gasteiger partial charge in [0.25, 0.3) is 5.91 Å². The van der Waals surface area contributed by atoms with E-state index in [2.05, 4.69) is 0 Å². The first-order valence-electron chi connectivity index (χ1n) is 6.94. The number of hydrogen-bond donors (Lipinski definition) is 2. The van der Waals surface area contributed by atoms with Crippen LogP contribution in [0.3, 0.4) is 0 Å². The third-order valence-electron chi connectivity index (χ3n) is 4.01. The quantitative estimate of drug-likeness (QED) is 0.880. The molecule has 0 radical (unpaired) electrons. The normalized spacial score (nSPS) is 17.9. The molecule has 1 heterocycles. The molecule has 110 valence electrons. The molecule has 1 saturated heterocycles. The zero-order valence-corrected chi connectivity index (χ0v) is 12.0. The molecular formula is C15H22N2O3. The van der Waals surface area contributed by atoms with Crippen molar-refractivity contribution in [1.29, 1.82) is 0 Å². The Hall–Kier alpha value is -1.75. The number of carbonyl (C=O) groups is 1. The summed E-state index contributed by atoms with van der Waals surface area (Å²) in [6, 6.07) is 4.92. The third kappa shape index (κ3) is 3.04. The zero-order chi connectivity index (χ0) is 14.7. The number of rotatable bonds is 3. The summed E-state index contributed by atoms with van der Waals surface area (Å²) < 4.78 is 5.02. The summed E-state index contributed by atoms with van der Waals surface area (Å²) in [5, 5.41) is 9.92. The van der Waals surface area contributed by atoms with E-state index >= 15 is 0 Å². The van der Waals surface area contributed by atoms with Gasteiger partial charge in [0.05, 0.1) is 12.7 Å². The molecule has 1 atom stereocenters. The highest BCUT2D eigenvalue weighted by atomic mass is 16.5. The number of ether oxygens (including phenoxy) is 1. The third-order valence-corrected chi connectivity index (χ3v) is 4.01. The van der Waals surface area contributed by atoms with Crippen LogP contribution < -0.4 is 10.5 Å². The number of amides is 1. The molecule has 0 aromatic heterocycles. The van der Waals surface area contributed by atoms with Crippen LogP contribution in [0.1, 0.15) is 30.1 Å². The Kier molecular flexibility index (Phi) is 4.49. The smallest absolute Gasteiger partial charge is 0.257 e. The molecule has 3 N–H and O–H groups in total. The van der Waals surface area contributed by atoms with Crippen LogP contribution in [0, 0.1) is 5.92 Å². The van der Waals surface area contributed by atoms with Crippen LogP contribution in [0.2, 0.25) is 0 Å². The molecule has 1 unspecified atom stereocenters. The van der Waals surface area contributed by atoms with Gasteiger partial charge < -0.3 is 20.5 Å². The zero-order valence-electron chi connectivity index (χ0n) is 12.0. The number of carbonyl (C=O) groups excluding carboxylic acids is 1. The van der Waals surface area contributed by atoms with E-state index in [0.29, 0.717) is 30.3 Å². The van der Waals surface area contributed by atoms with Gasteiger partial charge in [0, 0.05) is 25.2 Å². The van der Waals surface area contributed by atoms with Crippen LogP contribution in [0.15, 0.2) is 18.2 Å². The Morgan fingerprint density at radius 2 is 2.10 bits per heavy atom. The molecule has 0 spiro atoms. The Labute approximate surface area is 119 Å². The molecule has 0 bridgehead atoms. The summed E-state index contributed by atoms with van der Waals surface area (Å²) in [6.45, 7) is 3.39. The number of phenolic OH excluding ortho intramolecular Hbond substituents is 1. The molecule has 5 nitrogen and oxygen atoms in total. The molecule has 20 heavy (non-hydrogen) atoms. The summed E-state index contributed by atoms with van der Waals surface area (Å²) >= 11 is 0. The highest BCUT2D eigenvalue weighted by Crippen LogP contribution is 2.27. The van der Waals surface area contributed by atoms with Gasteiger partial charge in [-0.2, -0.15) is 0 Å². The largest absolute Gasteiger partial charge is 0.507 e. The summed E-state index contributed by atoms with van der Waals surface area (Å²) in [7, 11) is 1.52. The lowest BCUT2D eigenvalue weighted by molar-refractivity contribution is 0.0678. The summed E-state index contributed by atoms with van der Waals surface area (Å²) in [5.74, 6) is 0.843. The highest BCUT2D eigenvalue weighted by molar-refractivity contribution is 5.97. The molecule has 1 aromatic carbocycles. The Bertz CT molecular complexity index is 480. The van der Waals surface area contributed by atoms with Crippen molar-refractivity contribution in [3.05, 3.63) is 23.8 Å². The van der Waals surface area contributed by atoms with Crippen molar-refractivity contribution in [2.24, 2.45) is 11.7 Å². The van der Waals surface area contributed by atoms with E-state index in [1.54, 1.807) is 17.0 Å². The maximum Gasteiger partial charge on any atom is 0.257 e. The minimum absolute atomic E-state index is 0.0383. The average molecular weight is 278 g/mol. The molecule has 1 fully saturated rings. The van der Waals surface area contributed by atoms with E-state index in [-0.39, 0.29) is 17.7 Å². The van der Waals surface area contributed by atoms with Gasteiger partial charge in [0.15, 0.2) is 0 Å². The summed E-state index contributed by atoms with van der Waals surface area (Å²) in [5.41, 5.74) is 6.22.